The van der Waals surface area contributed by atoms with E-state index in [1.165, 1.54) is 34.4 Å². The summed E-state index contributed by atoms with van der Waals surface area (Å²) in [6.45, 7) is 0. The Morgan fingerprint density at radius 2 is 1.07 bits per heavy atom. The van der Waals surface area contributed by atoms with E-state index in [-0.39, 0.29) is 23.0 Å². The summed E-state index contributed by atoms with van der Waals surface area (Å²) in [5, 5.41) is 3.70. The lowest BCUT2D eigenvalue weighted by atomic mass is 9.65. The van der Waals surface area contributed by atoms with Crippen LogP contribution < -0.4 is 18.9 Å². The molecule has 0 fully saturated rings. The van der Waals surface area contributed by atoms with Gasteiger partial charge in [0.2, 0.25) is 11.5 Å². The Bertz CT molecular complexity index is 3050. The molecule has 2 heterocycles. The van der Waals surface area contributed by atoms with Gasteiger partial charge in [0, 0.05) is 23.3 Å². The van der Waals surface area contributed by atoms with Crippen molar-refractivity contribution in [2.45, 2.75) is 18.3 Å². The molecule has 6 heteroatoms. The van der Waals surface area contributed by atoms with E-state index in [4.69, 9.17) is 31.8 Å². The summed E-state index contributed by atoms with van der Waals surface area (Å²) in [5.74, 6) is 6.06. The van der Waals surface area contributed by atoms with Crippen molar-refractivity contribution in [1.82, 2.24) is 0 Å². The van der Waals surface area contributed by atoms with Gasteiger partial charge in [0.05, 0.1) is 5.41 Å². The number of terminal acetylenes is 2. The van der Waals surface area contributed by atoms with Crippen molar-refractivity contribution in [2.24, 2.45) is 0 Å². The fourth-order valence-corrected chi connectivity index (χ4v) is 8.75. The van der Waals surface area contributed by atoms with Crippen LogP contribution >= 0.6 is 0 Å². The van der Waals surface area contributed by atoms with Crippen molar-refractivity contribution in [3.05, 3.63) is 172 Å². The van der Waals surface area contributed by atoms with Gasteiger partial charge in [0.25, 0.3) is 0 Å². The first kappa shape index (κ1) is 31.3. The Kier molecular flexibility index (Phi) is 6.46. The molecule has 55 heavy (non-hydrogen) atoms. The first-order chi connectivity index (χ1) is 26.9. The molecule has 0 bridgehead atoms. The zero-order chi connectivity index (χ0) is 37.0. The molecule has 1 atom stereocenters. The standard InChI is InChI=1S/C49H26F2O4/c1-3-27-18-40(51)48-45(19-27)52-41-23-29-13-15-34(22-32(29)26-44(41)55-48)49(37-11-7-5-9-35(37)36-10-6-8-12-38(36)49)33-16-14-30-24-43-42(25-31(30)21-33)53-46-20-28(4-2)17-39(50)47(46)54-43/h1-2,5-7,9-11,13-26H,8,12H2. The zero-order valence-corrected chi connectivity index (χ0v) is 29.0. The lowest BCUT2D eigenvalue weighted by molar-refractivity contribution is 0.343. The zero-order valence-electron chi connectivity index (χ0n) is 29.0. The largest absolute Gasteiger partial charge is 0.449 e. The number of allylic oxidation sites excluding steroid dienone is 4. The second-order valence-corrected chi connectivity index (χ2v) is 14.1. The first-order valence-electron chi connectivity index (χ1n) is 17.9. The van der Waals surface area contributed by atoms with Gasteiger partial charge in [0.15, 0.2) is 46.1 Å². The van der Waals surface area contributed by atoms with Gasteiger partial charge in [0.1, 0.15) is 0 Å². The Morgan fingerprint density at radius 3 is 1.64 bits per heavy atom. The van der Waals surface area contributed by atoms with E-state index in [0.29, 0.717) is 34.1 Å². The average Bonchev–Trinajstić information content (AvgIpc) is 3.51. The molecule has 0 saturated heterocycles. The van der Waals surface area contributed by atoms with E-state index in [1.807, 2.05) is 24.3 Å². The van der Waals surface area contributed by atoms with Crippen molar-refractivity contribution in [3.63, 3.8) is 0 Å². The van der Waals surface area contributed by atoms with E-state index in [1.54, 1.807) is 12.1 Å². The number of hydrogen-bond acceptors (Lipinski definition) is 4. The molecule has 0 N–H and O–H groups in total. The van der Waals surface area contributed by atoms with Gasteiger partial charge in [-0.15, -0.1) is 12.8 Å². The number of hydrogen-bond donors (Lipinski definition) is 0. The average molecular weight is 717 g/mol. The van der Waals surface area contributed by atoms with Crippen molar-refractivity contribution in [1.29, 1.82) is 0 Å². The Labute approximate surface area is 314 Å². The summed E-state index contributed by atoms with van der Waals surface area (Å²) in [6, 6.07) is 35.0. The third kappa shape index (κ3) is 4.46. The van der Waals surface area contributed by atoms with Gasteiger partial charge in [-0.1, -0.05) is 72.5 Å². The van der Waals surface area contributed by atoms with Crippen LogP contribution in [0.4, 0.5) is 8.78 Å². The molecule has 2 aliphatic carbocycles. The topological polar surface area (TPSA) is 36.9 Å². The van der Waals surface area contributed by atoms with Crippen LogP contribution in [0.3, 0.4) is 0 Å². The van der Waals surface area contributed by atoms with Crippen LogP contribution in [0.1, 0.15) is 46.2 Å². The minimum Gasteiger partial charge on any atom is -0.449 e. The number of ether oxygens (including phenoxy) is 4. The van der Waals surface area contributed by atoms with Crippen LogP contribution in [0.5, 0.6) is 46.0 Å². The molecule has 4 nitrogen and oxygen atoms in total. The summed E-state index contributed by atoms with van der Waals surface area (Å²) in [4.78, 5) is 0. The summed E-state index contributed by atoms with van der Waals surface area (Å²) in [5.41, 5.74) is 7.18. The number of halogens is 2. The maximum Gasteiger partial charge on any atom is 0.205 e. The van der Waals surface area contributed by atoms with Crippen LogP contribution in [-0.2, 0) is 5.41 Å². The molecule has 7 aromatic carbocycles. The smallest absolute Gasteiger partial charge is 0.205 e. The molecule has 0 radical (unpaired) electrons. The molecule has 4 aliphatic rings. The molecule has 7 aromatic rings. The first-order valence-corrected chi connectivity index (χ1v) is 17.9. The molecule has 2 aliphatic heterocycles. The highest BCUT2D eigenvalue weighted by atomic mass is 19.1. The molecular weight excluding hydrogens is 691 g/mol. The highest BCUT2D eigenvalue weighted by molar-refractivity contribution is 5.95. The fourth-order valence-electron chi connectivity index (χ4n) is 8.75. The fraction of sp³-hybridized carbons (Fsp3) is 0.0612. The summed E-state index contributed by atoms with van der Waals surface area (Å²) < 4.78 is 54.6. The van der Waals surface area contributed by atoms with Crippen LogP contribution in [0.15, 0.2) is 127 Å². The number of rotatable bonds is 2. The molecular formula is C49H26F2O4. The lowest BCUT2D eigenvalue weighted by Gasteiger charge is -2.37. The van der Waals surface area contributed by atoms with Crippen molar-refractivity contribution in [2.75, 3.05) is 0 Å². The minimum absolute atomic E-state index is 0.00447. The van der Waals surface area contributed by atoms with Crippen LogP contribution in [0.2, 0.25) is 0 Å². The SMILES string of the molecule is C#Cc1cc(F)c2c(c1)Oc1cc3cc(C4(c5ccc6cc7c(cc6c5)Oc5c(F)cc(C#C)cc5O7)C5=C(C=CCC5)c5ccccc54)ccc3cc1O2. The third-order valence-electron chi connectivity index (χ3n) is 11.1. The van der Waals surface area contributed by atoms with E-state index < -0.39 is 17.0 Å². The number of benzene rings is 7. The number of fused-ring (bicyclic) bond motifs is 8. The van der Waals surface area contributed by atoms with Gasteiger partial charge >= 0.3 is 0 Å². The second kappa shape index (κ2) is 11.4. The molecule has 0 saturated carbocycles. The summed E-state index contributed by atoms with van der Waals surface area (Å²) >= 11 is 0. The predicted molar refractivity (Wildman–Crippen MR) is 208 cm³/mol. The molecule has 0 amide bonds. The highest BCUT2D eigenvalue weighted by Gasteiger charge is 2.47. The van der Waals surface area contributed by atoms with Gasteiger partial charge < -0.3 is 18.9 Å². The van der Waals surface area contributed by atoms with Crippen molar-refractivity contribution < 1.29 is 27.7 Å². The highest BCUT2D eigenvalue weighted by Crippen LogP contribution is 2.59. The van der Waals surface area contributed by atoms with E-state index in [2.05, 4.69) is 84.7 Å². The predicted octanol–water partition coefficient (Wildman–Crippen LogP) is 12.5. The molecule has 0 aromatic heterocycles. The van der Waals surface area contributed by atoms with Gasteiger partial charge in [-0.25, -0.2) is 8.78 Å². The Morgan fingerprint density at radius 1 is 0.545 bits per heavy atom. The van der Waals surface area contributed by atoms with Crippen molar-refractivity contribution in [3.8, 4) is 70.7 Å². The van der Waals surface area contributed by atoms with Crippen LogP contribution in [-0.4, -0.2) is 0 Å². The van der Waals surface area contributed by atoms with Crippen LogP contribution in [0, 0.1) is 36.3 Å². The monoisotopic (exact) mass is 716 g/mol. The summed E-state index contributed by atoms with van der Waals surface area (Å²) in [7, 11) is 0. The van der Waals surface area contributed by atoms with Crippen LogP contribution in [0.25, 0.3) is 27.1 Å². The van der Waals surface area contributed by atoms with Gasteiger partial charge in [-0.3, -0.25) is 0 Å². The molecule has 0 spiro atoms. The second-order valence-electron chi connectivity index (χ2n) is 14.1. The van der Waals surface area contributed by atoms with E-state index in [0.717, 1.165) is 45.5 Å². The Balaban J connectivity index is 1.10. The maximum atomic E-state index is 15.1. The Hall–Kier alpha value is -7.28. The normalized spacial score (nSPS) is 16.9. The molecule has 1 unspecified atom stereocenters. The lowest BCUT2D eigenvalue weighted by Crippen LogP contribution is -2.30. The quantitative estimate of drug-likeness (QED) is 0.167. The third-order valence-corrected chi connectivity index (χ3v) is 11.1. The van der Waals surface area contributed by atoms with Crippen molar-refractivity contribution >= 4 is 27.1 Å². The van der Waals surface area contributed by atoms with E-state index >= 15 is 4.39 Å². The minimum atomic E-state index is -0.651. The van der Waals surface area contributed by atoms with E-state index in [9.17, 15) is 4.39 Å². The molecule has 11 rings (SSSR count). The van der Waals surface area contributed by atoms with Gasteiger partial charge in [-0.05, 0) is 116 Å². The maximum absolute atomic E-state index is 15.1. The summed E-state index contributed by atoms with van der Waals surface area (Å²) in [6.07, 6.45) is 17.4. The van der Waals surface area contributed by atoms with Gasteiger partial charge in [-0.2, -0.15) is 0 Å². The molecule has 260 valence electrons.